The van der Waals surface area contributed by atoms with E-state index in [1.807, 2.05) is 26.8 Å². The number of rotatable bonds is 6. The van der Waals surface area contributed by atoms with E-state index in [1.54, 1.807) is 7.11 Å². The molecule has 1 aliphatic rings. The van der Waals surface area contributed by atoms with E-state index in [9.17, 15) is 4.79 Å². The zero-order valence-electron chi connectivity index (χ0n) is 16.0. The van der Waals surface area contributed by atoms with Crippen LogP contribution in [0.1, 0.15) is 54.4 Å². The Hall–Kier alpha value is -1.99. The third-order valence-electron chi connectivity index (χ3n) is 5.21. The van der Waals surface area contributed by atoms with Crippen LogP contribution >= 0.6 is 0 Å². The van der Waals surface area contributed by atoms with Crippen LogP contribution in [0.4, 0.5) is 0 Å². The molecule has 1 amide bonds. The Morgan fingerprint density at radius 1 is 1.42 bits per heavy atom. The fourth-order valence-corrected chi connectivity index (χ4v) is 3.59. The molecule has 0 bridgehead atoms. The number of amides is 1. The molecule has 0 saturated carbocycles. The van der Waals surface area contributed by atoms with Crippen LogP contribution in [-0.2, 0) is 4.74 Å². The Morgan fingerprint density at radius 2 is 2.15 bits per heavy atom. The smallest absolute Gasteiger partial charge is 0.259 e. The van der Waals surface area contributed by atoms with E-state index in [4.69, 9.17) is 9.26 Å². The summed E-state index contributed by atoms with van der Waals surface area (Å²) < 4.78 is 10.7. The van der Waals surface area contributed by atoms with Crippen molar-refractivity contribution in [1.29, 1.82) is 0 Å². The molecule has 2 N–H and O–H groups in total. The highest BCUT2D eigenvalue weighted by Crippen LogP contribution is 2.29. The second kappa shape index (κ2) is 7.72. The Morgan fingerprint density at radius 3 is 2.81 bits per heavy atom. The molecule has 0 spiro atoms. The highest BCUT2D eigenvalue weighted by atomic mass is 16.5. The SMILES string of the molecule is COCC1(CNC(=O)c2cc(C(C)C)nc3onc(C)c23)CCNCC1. The molecular formula is C19H28N4O3. The van der Waals surface area contributed by atoms with E-state index in [-0.39, 0.29) is 17.2 Å². The number of carbonyl (C=O) groups excluding carboxylic acids is 1. The molecule has 0 radical (unpaired) electrons. The van der Waals surface area contributed by atoms with E-state index in [0.29, 0.717) is 35.5 Å². The molecule has 0 unspecified atom stereocenters. The van der Waals surface area contributed by atoms with Gasteiger partial charge >= 0.3 is 0 Å². The van der Waals surface area contributed by atoms with Gasteiger partial charge in [0.25, 0.3) is 11.6 Å². The standard InChI is InChI=1S/C19H28N4O3/c1-12(2)15-9-14(16-13(3)23-26-18(16)22-15)17(24)21-10-19(11-25-4)5-7-20-8-6-19/h9,12,20H,5-8,10-11H2,1-4H3,(H,21,24). The van der Waals surface area contributed by atoms with Crippen LogP contribution in [0, 0.1) is 12.3 Å². The highest BCUT2D eigenvalue weighted by molar-refractivity contribution is 6.06. The average Bonchev–Trinajstić information content (AvgIpc) is 3.01. The Labute approximate surface area is 153 Å². The van der Waals surface area contributed by atoms with Crippen molar-refractivity contribution in [2.45, 2.75) is 39.5 Å². The van der Waals surface area contributed by atoms with Crippen LogP contribution in [0.2, 0.25) is 0 Å². The predicted molar refractivity (Wildman–Crippen MR) is 99.4 cm³/mol. The molecule has 1 fully saturated rings. The summed E-state index contributed by atoms with van der Waals surface area (Å²) in [6.45, 7) is 9.04. The van der Waals surface area contributed by atoms with Gasteiger partial charge in [-0.1, -0.05) is 19.0 Å². The number of hydrogen-bond acceptors (Lipinski definition) is 6. The van der Waals surface area contributed by atoms with Gasteiger partial charge in [-0.2, -0.15) is 0 Å². The molecule has 1 aliphatic heterocycles. The third-order valence-corrected chi connectivity index (χ3v) is 5.21. The van der Waals surface area contributed by atoms with Crippen molar-refractivity contribution in [1.82, 2.24) is 20.8 Å². The average molecular weight is 360 g/mol. The van der Waals surface area contributed by atoms with Crippen LogP contribution in [-0.4, -0.2) is 49.4 Å². The highest BCUT2D eigenvalue weighted by Gasteiger charge is 2.33. The molecule has 7 heteroatoms. The number of aryl methyl sites for hydroxylation is 1. The Kier molecular flexibility index (Phi) is 5.58. The largest absolute Gasteiger partial charge is 0.384 e. The number of hydrogen-bond donors (Lipinski definition) is 2. The van der Waals surface area contributed by atoms with E-state index < -0.39 is 0 Å². The maximum Gasteiger partial charge on any atom is 0.259 e. The lowest BCUT2D eigenvalue weighted by Crippen LogP contribution is -2.47. The van der Waals surface area contributed by atoms with Crippen LogP contribution in [0.25, 0.3) is 11.1 Å². The number of nitrogens with zero attached hydrogens (tertiary/aromatic N) is 2. The minimum Gasteiger partial charge on any atom is -0.384 e. The van der Waals surface area contributed by atoms with Gasteiger partial charge in [0.2, 0.25) is 0 Å². The van der Waals surface area contributed by atoms with Gasteiger partial charge in [0, 0.05) is 24.8 Å². The summed E-state index contributed by atoms with van der Waals surface area (Å²) in [6, 6.07) is 1.86. The van der Waals surface area contributed by atoms with Crippen molar-refractivity contribution in [2.75, 3.05) is 33.4 Å². The van der Waals surface area contributed by atoms with Crippen LogP contribution in [0.3, 0.4) is 0 Å². The first-order chi connectivity index (χ1) is 12.5. The van der Waals surface area contributed by atoms with Crippen LogP contribution in [0.15, 0.2) is 10.6 Å². The summed E-state index contributed by atoms with van der Waals surface area (Å²) in [7, 11) is 1.72. The normalized spacial score (nSPS) is 17.0. The predicted octanol–water partition coefficient (Wildman–Crippen LogP) is 2.40. The van der Waals surface area contributed by atoms with E-state index >= 15 is 0 Å². The minimum atomic E-state index is -0.111. The summed E-state index contributed by atoms with van der Waals surface area (Å²) >= 11 is 0. The third kappa shape index (κ3) is 3.73. The van der Waals surface area contributed by atoms with Crippen molar-refractivity contribution in [3.63, 3.8) is 0 Å². The monoisotopic (exact) mass is 360 g/mol. The van der Waals surface area contributed by atoms with Gasteiger partial charge in [-0.15, -0.1) is 0 Å². The lowest BCUT2D eigenvalue weighted by atomic mass is 9.79. The molecule has 2 aromatic rings. The molecule has 0 atom stereocenters. The van der Waals surface area contributed by atoms with Crippen molar-refractivity contribution in [3.8, 4) is 0 Å². The second-order valence-corrected chi connectivity index (χ2v) is 7.56. The number of aromatic nitrogens is 2. The van der Waals surface area contributed by atoms with Gasteiger partial charge < -0.3 is 19.9 Å². The Bertz CT molecular complexity index is 773. The molecule has 0 aromatic carbocycles. The zero-order chi connectivity index (χ0) is 18.7. The first-order valence-corrected chi connectivity index (χ1v) is 9.20. The van der Waals surface area contributed by atoms with Crippen LogP contribution in [0.5, 0.6) is 0 Å². The number of piperidine rings is 1. The van der Waals surface area contributed by atoms with Gasteiger partial charge in [0.15, 0.2) is 0 Å². The van der Waals surface area contributed by atoms with Crippen molar-refractivity contribution in [2.24, 2.45) is 5.41 Å². The molecule has 142 valence electrons. The second-order valence-electron chi connectivity index (χ2n) is 7.56. The maximum atomic E-state index is 13.0. The summed E-state index contributed by atoms with van der Waals surface area (Å²) in [5.41, 5.74) is 2.49. The molecular weight excluding hydrogens is 332 g/mol. The topological polar surface area (TPSA) is 89.3 Å². The number of fused-ring (bicyclic) bond motifs is 1. The molecule has 26 heavy (non-hydrogen) atoms. The first kappa shape index (κ1) is 18.8. The lowest BCUT2D eigenvalue weighted by Gasteiger charge is -2.37. The van der Waals surface area contributed by atoms with Gasteiger partial charge in [0.1, 0.15) is 0 Å². The summed E-state index contributed by atoms with van der Waals surface area (Å²) in [5.74, 6) is 0.0835. The van der Waals surface area contributed by atoms with Crippen molar-refractivity contribution in [3.05, 3.63) is 23.0 Å². The number of ether oxygens (including phenoxy) is 1. The van der Waals surface area contributed by atoms with E-state index in [0.717, 1.165) is 31.6 Å². The Balaban J connectivity index is 1.86. The molecule has 1 saturated heterocycles. The van der Waals surface area contributed by atoms with Gasteiger partial charge in [-0.05, 0) is 44.8 Å². The van der Waals surface area contributed by atoms with Crippen molar-refractivity contribution >= 4 is 17.0 Å². The first-order valence-electron chi connectivity index (χ1n) is 9.20. The number of pyridine rings is 1. The van der Waals surface area contributed by atoms with Crippen LogP contribution < -0.4 is 10.6 Å². The summed E-state index contributed by atoms with van der Waals surface area (Å²) in [4.78, 5) is 17.5. The van der Waals surface area contributed by atoms with Gasteiger partial charge in [0.05, 0.1) is 23.3 Å². The molecule has 3 rings (SSSR count). The number of methoxy groups -OCH3 is 1. The van der Waals surface area contributed by atoms with E-state index in [1.165, 1.54) is 0 Å². The van der Waals surface area contributed by atoms with Gasteiger partial charge in [-0.25, -0.2) is 4.98 Å². The number of nitrogens with one attached hydrogen (secondary N) is 2. The molecule has 2 aromatic heterocycles. The number of carbonyl (C=O) groups is 1. The fraction of sp³-hybridized carbons (Fsp3) is 0.632. The quantitative estimate of drug-likeness (QED) is 0.822. The summed E-state index contributed by atoms with van der Waals surface area (Å²) in [5, 5.41) is 11.2. The summed E-state index contributed by atoms with van der Waals surface area (Å²) in [6.07, 6.45) is 1.97. The minimum absolute atomic E-state index is 0.0215. The van der Waals surface area contributed by atoms with Crippen molar-refractivity contribution < 1.29 is 14.1 Å². The molecule has 7 nitrogen and oxygen atoms in total. The molecule has 0 aliphatic carbocycles. The zero-order valence-corrected chi connectivity index (χ0v) is 16.0. The lowest BCUT2D eigenvalue weighted by molar-refractivity contribution is 0.0512. The fourth-order valence-electron chi connectivity index (χ4n) is 3.59. The maximum absolute atomic E-state index is 13.0. The van der Waals surface area contributed by atoms with E-state index in [2.05, 4.69) is 20.8 Å². The molecule has 3 heterocycles. The van der Waals surface area contributed by atoms with Gasteiger partial charge in [-0.3, -0.25) is 4.79 Å².